The van der Waals surface area contributed by atoms with E-state index in [1.54, 1.807) is 24.1 Å². The first-order valence-corrected chi connectivity index (χ1v) is 9.34. The number of fused-ring (bicyclic) bond motifs is 1. The van der Waals surface area contributed by atoms with Crippen molar-refractivity contribution in [3.8, 4) is 0 Å². The number of rotatable bonds is 7. The molecule has 3 rings (SSSR count). The lowest BCUT2D eigenvalue weighted by Crippen LogP contribution is -2.26. The SMILES string of the molecule is COC(=O)CN(C)Cc1ccc2c(NC(=O)c3ccoc3)c(C(=O)OC)sc2n1. The van der Waals surface area contributed by atoms with Crippen LogP contribution in [0.4, 0.5) is 5.69 Å². The van der Waals surface area contributed by atoms with Crippen LogP contribution in [0.25, 0.3) is 10.2 Å². The molecule has 10 heteroatoms. The molecule has 0 spiro atoms. The van der Waals surface area contributed by atoms with Gasteiger partial charge in [0.25, 0.3) is 5.91 Å². The second kappa shape index (κ2) is 8.84. The third-order valence-electron chi connectivity index (χ3n) is 4.06. The third-order valence-corrected chi connectivity index (χ3v) is 5.14. The van der Waals surface area contributed by atoms with Crippen LogP contribution in [-0.4, -0.2) is 55.5 Å². The summed E-state index contributed by atoms with van der Waals surface area (Å²) in [5.74, 6) is -1.33. The number of thiophene rings is 1. The van der Waals surface area contributed by atoms with Crippen molar-refractivity contribution < 1.29 is 28.3 Å². The number of pyridine rings is 1. The summed E-state index contributed by atoms with van der Waals surface area (Å²) in [6.07, 6.45) is 2.70. The summed E-state index contributed by atoms with van der Waals surface area (Å²) in [6, 6.07) is 5.07. The molecule has 0 saturated heterocycles. The van der Waals surface area contributed by atoms with Crippen molar-refractivity contribution in [1.82, 2.24) is 9.88 Å². The average molecular weight is 417 g/mol. The summed E-state index contributed by atoms with van der Waals surface area (Å²) in [5.41, 5.74) is 1.37. The number of ether oxygens (including phenoxy) is 2. The first-order valence-electron chi connectivity index (χ1n) is 8.52. The van der Waals surface area contributed by atoms with Crippen LogP contribution in [-0.2, 0) is 20.8 Å². The molecule has 0 saturated carbocycles. The highest BCUT2D eigenvalue weighted by atomic mass is 32.1. The van der Waals surface area contributed by atoms with Crippen LogP contribution in [0.5, 0.6) is 0 Å². The van der Waals surface area contributed by atoms with E-state index in [2.05, 4.69) is 15.0 Å². The molecule has 0 aliphatic heterocycles. The van der Waals surface area contributed by atoms with Gasteiger partial charge in [0.15, 0.2) is 0 Å². The van der Waals surface area contributed by atoms with Gasteiger partial charge in [-0.2, -0.15) is 0 Å². The fraction of sp³-hybridized carbons (Fsp3) is 0.263. The number of likely N-dealkylation sites (N-methyl/N-ethyl adjacent to an activating group) is 1. The molecule has 0 atom stereocenters. The van der Waals surface area contributed by atoms with E-state index in [4.69, 9.17) is 9.15 Å². The molecule has 3 aromatic rings. The molecule has 0 aromatic carbocycles. The molecule has 3 aromatic heterocycles. The Morgan fingerprint density at radius 1 is 1.21 bits per heavy atom. The normalized spacial score (nSPS) is 10.9. The predicted octanol–water partition coefficient (Wildman–Crippen LogP) is 2.53. The number of nitrogens with zero attached hydrogens (tertiary/aromatic N) is 2. The van der Waals surface area contributed by atoms with Gasteiger partial charge in [-0.1, -0.05) is 0 Å². The number of amides is 1. The number of aromatic nitrogens is 1. The van der Waals surface area contributed by atoms with E-state index in [0.717, 1.165) is 11.3 Å². The van der Waals surface area contributed by atoms with Crippen LogP contribution in [0, 0.1) is 0 Å². The standard InChI is InChI=1S/C19H19N3O6S/c1-22(9-14(23)26-2)8-12-4-5-13-15(21-17(24)11-6-7-28-10-11)16(19(25)27-3)29-18(13)20-12/h4-7,10H,8-9H2,1-3H3,(H,21,24). The summed E-state index contributed by atoms with van der Waals surface area (Å²) in [6.45, 7) is 0.535. The van der Waals surface area contributed by atoms with Crippen LogP contribution >= 0.6 is 11.3 Å². The minimum Gasteiger partial charge on any atom is -0.472 e. The smallest absolute Gasteiger partial charge is 0.350 e. The lowest BCUT2D eigenvalue weighted by atomic mass is 10.2. The molecule has 152 valence electrons. The Labute approximate surface area is 170 Å². The van der Waals surface area contributed by atoms with Gasteiger partial charge in [-0.3, -0.25) is 14.5 Å². The monoisotopic (exact) mass is 417 g/mol. The van der Waals surface area contributed by atoms with Crippen molar-refractivity contribution >= 4 is 45.1 Å². The van der Waals surface area contributed by atoms with Crippen LogP contribution in [0.1, 0.15) is 25.7 Å². The number of furan rings is 1. The van der Waals surface area contributed by atoms with Gasteiger partial charge < -0.3 is 19.2 Å². The van der Waals surface area contributed by atoms with Crippen LogP contribution in [0.3, 0.4) is 0 Å². The fourth-order valence-corrected chi connectivity index (χ4v) is 3.73. The number of carbonyl (C=O) groups is 3. The highest BCUT2D eigenvalue weighted by Gasteiger charge is 2.23. The zero-order valence-electron chi connectivity index (χ0n) is 16.1. The molecule has 1 amide bonds. The predicted molar refractivity (Wildman–Crippen MR) is 106 cm³/mol. The Bertz CT molecular complexity index is 1040. The molecule has 0 radical (unpaired) electrons. The molecule has 3 heterocycles. The van der Waals surface area contributed by atoms with Crippen molar-refractivity contribution in [2.45, 2.75) is 6.54 Å². The fourth-order valence-electron chi connectivity index (χ4n) is 2.66. The number of hydrogen-bond donors (Lipinski definition) is 1. The maximum absolute atomic E-state index is 12.4. The Kier molecular flexibility index (Phi) is 6.25. The summed E-state index contributed by atoms with van der Waals surface area (Å²) in [4.78, 5) is 43.2. The van der Waals surface area contributed by atoms with Crippen molar-refractivity contribution in [3.05, 3.63) is 46.9 Å². The Balaban J connectivity index is 1.92. The Hall–Kier alpha value is -3.24. The number of carbonyl (C=O) groups excluding carboxylic acids is 3. The van der Waals surface area contributed by atoms with E-state index in [0.29, 0.717) is 33.7 Å². The Morgan fingerprint density at radius 3 is 2.66 bits per heavy atom. The minimum absolute atomic E-state index is 0.125. The summed E-state index contributed by atoms with van der Waals surface area (Å²) < 4.78 is 14.4. The van der Waals surface area contributed by atoms with Crippen molar-refractivity contribution in [2.75, 3.05) is 33.1 Å². The summed E-state index contributed by atoms with van der Waals surface area (Å²) in [7, 11) is 4.38. The first kappa shape index (κ1) is 20.5. The molecular weight excluding hydrogens is 398 g/mol. The number of hydrogen-bond acceptors (Lipinski definition) is 9. The molecule has 0 aliphatic carbocycles. The molecule has 1 N–H and O–H groups in total. The minimum atomic E-state index is -0.570. The second-order valence-corrected chi connectivity index (χ2v) is 7.17. The van der Waals surface area contributed by atoms with Crippen LogP contribution in [0.2, 0.25) is 0 Å². The lowest BCUT2D eigenvalue weighted by molar-refractivity contribution is -0.141. The van der Waals surface area contributed by atoms with Gasteiger partial charge in [0.2, 0.25) is 0 Å². The first-order chi connectivity index (χ1) is 13.9. The maximum atomic E-state index is 12.4. The van der Waals surface area contributed by atoms with Crippen LogP contribution < -0.4 is 5.32 Å². The molecule has 0 bridgehead atoms. The van der Waals surface area contributed by atoms with Gasteiger partial charge in [-0.05, 0) is 25.2 Å². The van der Waals surface area contributed by atoms with Crippen molar-refractivity contribution in [3.63, 3.8) is 0 Å². The number of methoxy groups -OCH3 is 2. The highest BCUT2D eigenvalue weighted by Crippen LogP contribution is 2.36. The van der Waals surface area contributed by atoms with E-state index in [-0.39, 0.29) is 17.4 Å². The maximum Gasteiger partial charge on any atom is 0.350 e. The van der Waals surface area contributed by atoms with E-state index in [1.807, 2.05) is 0 Å². The molecule has 0 unspecified atom stereocenters. The number of nitrogens with one attached hydrogen (secondary N) is 1. The topological polar surface area (TPSA) is 111 Å². The van der Waals surface area contributed by atoms with Crippen molar-refractivity contribution in [1.29, 1.82) is 0 Å². The number of esters is 2. The van der Waals surface area contributed by atoms with Crippen LogP contribution in [0.15, 0.2) is 35.1 Å². The molecule has 9 nitrogen and oxygen atoms in total. The van der Waals surface area contributed by atoms with E-state index in [9.17, 15) is 14.4 Å². The quantitative estimate of drug-likeness (QED) is 0.584. The lowest BCUT2D eigenvalue weighted by Gasteiger charge is -2.14. The highest BCUT2D eigenvalue weighted by molar-refractivity contribution is 7.21. The van der Waals surface area contributed by atoms with Gasteiger partial charge in [0, 0.05) is 11.9 Å². The summed E-state index contributed by atoms with van der Waals surface area (Å²) >= 11 is 1.12. The van der Waals surface area contributed by atoms with E-state index >= 15 is 0 Å². The third kappa shape index (κ3) is 4.61. The van der Waals surface area contributed by atoms with E-state index in [1.165, 1.54) is 32.8 Å². The number of anilines is 1. The molecule has 0 fully saturated rings. The van der Waals surface area contributed by atoms with E-state index < -0.39 is 11.9 Å². The molecule has 29 heavy (non-hydrogen) atoms. The average Bonchev–Trinajstić information content (AvgIpc) is 3.35. The largest absolute Gasteiger partial charge is 0.472 e. The van der Waals surface area contributed by atoms with Crippen molar-refractivity contribution in [2.24, 2.45) is 0 Å². The summed E-state index contributed by atoms with van der Waals surface area (Å²) in [5, 5.41) is 3.36. The van der Waals surface area contributed by atoms with Gasteiger partial charge in [-0.15, -0.1) is 11.3 Å². The van der Waals surface area contributed by atoms with Gasteiger partial charge in [0.1, 0.15) is 16.0 Å². The zero-order valence-corrected chi connectivity index (χ0v) is 16.9. The second-order valence-electron chi connectivity index (χ2n) is 6.17. The zero-order chi connectivity index (χ0) is 21.0. The molecular formula is C19H19N3O6S. The molecule has 0 aliphatic rings. The Morgan fingerprint density at radius 2 is 2.00 bits per heavy atom. The van der Waals surface area contributed by atoms with Gasteiger partial charge in [0.05, 0.1) is 44.0 Å². The van der Waals surface area contributed by atoms with Gasteiger partial charge in [-0.25, -0.2) is 9.78 Å². The van der Waals surface area contributed by atoms with Gasteiger partial charge >= 0.3 is 11.9 Å².